The highest BCUT2D eigenvalue weighted by Crippen LogP contribution is 2.46. The lowest BCUT2D eigenvalue weighted by Gasteiger charge is -2.17. The zero-order chi connectivity index (χ0) is 15.9. The molecular formula is C17H14Cl2O3. The van der Waals surface area contributed by atoms with Crippen LogP contribution in [-0.2, 0) is 0 Å². The number of benzene rings is 2. The Bertz CT molecular complexity index is 756. The number of carbonyl (C=O) groups is 1. The van der Waals surface area contributed by atoms with Crippen LogP contribution in [0, 0.1) is 0 Å². The van der Waals surface area contributed by atoms with Crippen molar-refractivity contribution in [2.45, 2.75) is 12.3 Å². The summed E-state index contributed by atoms with van der Waals surface area (Å²) in [6, 6.07) is 9.15. The molecule has 2 aromatic rings. The first-order valence-electron chi connectivity index (χ1n) is 6.79. The standard InChI is InChI=1S/C17H14Cl2O3/c1-21-9-3-4-10-12(8-15(20)13(10)7-9)11-5-6-14(18)16(19)17(11)22-2/h3-7,12H,8H2,1-2H3/t12-/m0/s1. The van der Waals surface area contributed by atoms with Crippen molar-refractivity contribution >= 4 is 29.0 Å². The van der Waals surface area contributed by atoms with E-state index in [0.29, 0.717) is 33.5 Å². The second-order valence-electron chi connectivity index (χ2n) is 5.12. The van der Waals surface area contributed by atoms with Gasteiger partial charge in [0.1, 0.15) is 16.5 Å². The van der Waals surface area contributed by atoms with Gasteiger partial charge in [-0.2, -0.15) is 0 Å². The summed E-state index contributed by atoms with van der Waals surface area (Å²) in [5.74, 6) is 1.20. The van der Waals surface area contributed by atoms with Crippen molar-refractivity contribution in [3.63, 3.8) is 0 Å². The fourth-order valence-corrected chi connectivity index (χ4v) is 3.32. The van der Waals surface area contributed by atoms with E-state index in [-0.39, 0.29) is 11.7 Å². The lowest BCUT2D eigenvalue weighted by atomic mass is 9.92. The summed E-state index contributed by atoms with van der Waals surface area (Å²) in [4.78, 5) is 12.3. The molecule has 0 amide bonds. The van der Waals surface area contributed by atoms with Gasteiger partial charge >= 0.3 is 0 Å². The summed E-state index contributed by atoms with van der Waals surface area (Å²) in [5.41, 5.74) is 2.52. The van der Waals surface area contributed by atoms with E-state index >= 15 is 0 Å². The lowest BCUT2D eigenvalue weighted by Crippen LogP contribution is -2.01. The predicted molar refractivity (Wildman–Crippen MR) is 86.8 cm³/mol. The van der Waals surface area contributed by atoms with Crippen LogP contribution in [-0.4, -0.2) is 20.0 Å². The first-order chi connectivity index (χ1) is 10.6. The molecule has 3 nitrogen and oxygen atoms in total. The summed E-state index contributed by atoms with van der Waals surface area (Å²) in [7, 11) is 3.13. The molecule has 2 aromatic carbocycles. The number of rotatable bonds is 3. The zero-order valence-electron chi connectivity index (χ0n) is 12.2. The van der Waals surface area contributed by atoms with Crippen LogP contribution in [0.15, 0.2) is 30.3 Å². The number of methoxy groups -OCH3 is 2. The van der Waals surface area contributed by atoms with Crippen LogP contribution >= 0.6 is 23.2 Å². The van der Waals surface area contributed by atoms with Crippen molar-refractivity contribution in [3.8, 4) is 11.5 Å². The van der Waals surface area contributed by atoms with Crippen molar-refractivity contribution in [2.75, 3.05) is 14.2 Å². The smallest absolute Gasteiger partial charge is 0.164 e. The molecule has 1 aliphatic carbocycles. The minimum Gasteiger partial charge on any atom is -0.497 e. The van der Waals surface area contributed by atoms with Gasteiger partial charge < -0.3 is 9.47 Å². The largest absolute Gasteiger partial charge is 0.497 e. The Kier molecular flexibility index (Phi) is 4.02. The Labute approximate surface area is 138 Å². The molecule has 0 heterocycles. The van der Waals surface area contributed by atoms with Gasteiger partial charge in [-0.1, -0.05) is 35.3 Å². The van der Waals surface area contributed by atoms with E-state index in [1.54, 1.807) is 26.4 Å². The zero-order valence-corrected chi connectivity index (χ0v) is 13.7. The Hall–Kier alpha value is -1.71. The Morgan fingerprint density at radius 3 is 2.45 bits per heavy atom. The molecule has 0 spiro atoms. The third-order valence-corrected chi connectivity index (χ3v) is 4.77. The minimum atomic E-state index is -0.0851. The first-order valence-corrected chi connectivity index (χ1v) is 7.55. The van der Waals surface area contributed by atoms with Crippen molar-refractivity contribution in [1.82, 2.24) is 0 Å². The van der Waals surface area contributed by atoms with Gasteiger partial charge in [0, 0.05) is 23.5 Å². The molecule has 0 radical (unpaired) electrons. The maximum Gasteiger partial charge on any atom is 0.164 e. The topological polar surface area (TPSA) is 35.5 Å². The highest BCUT2D eigenvalue weighted by molar-refractivity contribution is 6.43. The molecule has 0 unspecified atom stereocenters. The SMILES string of the molecule is COc1ccc2c(c1)C(=O)C[C@@H]2c1ccc(Cl)c(Cl)c1OC. The van der Waals surface area contributed by atoms with Crippen molar-refractivity contribution in [3.05, 3.63) is 57.1 Å². The van der Waals surface area contributed by atoms with Gasteiger partial charge in [0.25, 0.3) is 0 Å². The molecule has 22 heavy (non-hydrogen) atoms. The highest BCUT2D eigenvalue weighted by atomic mass is 35.5. The molecule has 5 heteroatoms. The number of ether oxygens (including phenoxy) is 2. The van der Waals surface area contributed by atoms with Crippen LogP contribution in [0.25, 0.3) is 0 Å². The maximum atomic E-state index is 12.3. The predicted octanol–water partition coefficient (Wildman–Crippen LogP) is 4.73. The second kappa shape index (κ2) is 5.82. The molecule has 0 aliphatic heterocycles. The molecule has 0 fully saturated rings. The number of Topliss-reactive ketones (excluding diaryl/α,β-unsaturated/α-hetero) is 1. The van der Waals surface area contributed by atoms with Crippen LogP contribution in [0.3, 0.4) is 0 Å². The van der Waals surface area contributed by atoms with E-state index < -0.39 is 0 Å². The minimum absolute atomic E-state index is 0.0851. The van der Waals surface area contributed by atoms with Gasteiger partial charge in [-0.05, 0) is 23.8 Å². The number of fused-ring (bicyclic) bond motifs is 1. The molecule has 0 N–H and O–H groups in total. The number of ketones is 1. The summed E-state index contributed by atoms with van der Waals surface area (Å²) in [5, 5.41) is 0.803. The van der Waals surface area contributed by atoms with Crippen LogP contribution in [0.4, 0.5) is 0 Å². The number of hydrogen-bond acceptors (Lipinski definition) is 3. The molecule has 114 valence electrons. The van der Waals surface area contributed by atoms with Gasteiger partial charge in [0.15, 0.2) is 5.78 Å². The second-order valence-corrected chi connectivity index (χ2v) is 5.90. The third-order valence-electron chi connectivity index (χ3n) is 3.99. The monoisotopic (exact) mass is 336 g/mol. The molecule has 1 aliphatic rings. The lowest BCUT2D eigenvalue weighted by molar-refractivity contribution is 0.0991. The van der Waals surface area contributed by atoms with E-state index in [4.69, 9.17) is 32.7 Å². The quantitative estimate of drug-likeness (QED) is 0.812. The van der Waals surface area contributed by atoms with Crippen LogP contribution in [0.5, 0.6) is 11.5 Å². The molecule has 0 aromatic heterocycles. The summed E-state index contributed by atoms with van der Waals surface area (Å²) in [6.07, 6.45) is 0.386. The van der Waals surface area contributed by atoms with Crippen LogP contribution in [0.1, 0.15) is 33.8 Å². The van der Waals surface area contributed by atoms with E-state index in [0.717, 1.165) is 11.1 Å². The van der Waals surface area contributed by atoms with Gasteiger partial charge in [-0.25, -0.2) is 0 Å². The van der Waals surface area contributed by atoms with Gasteiger partial charge in [0.2, 0.25) is 0 Å². The molecule has 0 saturated heterocycles. The molecule has 0 bridgehead atoms. The fourth-order valence-electron chi connectivity index (χ4n) is 2.92. The Morgan fingerprint density at radius 1 is 1.05 bits per heavy atom. The fraction of sp³-hybridized carbons (Fsp3) is 0.235. The Balaban J connectivity index is 2.13. The molecule has 0 saturated carbocycles. The number of carbonyl (C=O) groups excluding carboxylic acids is 1. The molecular weight excluding hydrogens is 323 g/mol. The van der Waals surface area contributed by atoms with E-state index in [1.165, 1.54) is 0 Å². The van der Waals surface area contributed by atoms with E-state index in [1.807, 2.05) is 18.2 Å². The average molecular weight is 337 g/mol. The summed E-state index contributed by atoms with van der Waals surface area (Å²) < 4.78 is 10.6. The van der Waals surface area contributed by atoms with E-state index in [9.17, 15) is 4.79 Å². The molecule has 3 rings (SSSR count). The maximum absolute atomic E-state index is 12.3. The number of halogens is 2. The first kappa shape index (κ1) is 15.2. The number of hydrogen-bond donors (Lipinski definition) is 0. The van der Waals surface area contributed by atoms with Crippen molar-refractivity contribution < 1.29 is 14.3 Å². The van der Waals surface area contributed by atoms with Gasteiger partial charge in [0.05, 0.1) is 19.2 Å². The van der Waals surface area contributed by atoms with Crippen LogP contribution in [0.2, 0.25) is 10.0 Å². The third kappa shape index (κ3) is 2.34. The van der Waals surface area contributed by atoms with Crippen molar-refractivity contribution in [1.29, 1.82) is 0 Å². The highest BCUT2D eigenvalue weighted by Gasteiger charge is 2.33. The molecule has 1 atom stereocenters. The van der Waals surface area contributed by atoms with Gasteiger partial charge in [-0.3, -0.25) is 4.79 Å². The summed E-state index contributed by atoms with van der Waals surface area (Å²) >= 11 is 12.3. The normalized spacial score (nSPS) is 16.5. The van der Waals surface area contributed by atoms with Crippen molar-refractivity contribution in [2.24, 2.45) is 0 Å². The van der Waals surface area contributed by atoms with E-state index in [2.05, 4.69) is 0 Å². The Morgan fingerprint density at radius 2 is 1.77 bits per heavy atom. The average Bonchev–Trinajstić information content (AvgIpc) is 2.86. The van der Waals surface area contributed by atoms with Crippen LogP contribution < -0.4 is 9.47 Å². The summed E-state index contributed by atoms with van der Waals surface area (Å²) in [6.45, 7) is 0. The van der Waals surface area contributed by atoms with Gasteiger partial charge in [-0.15, -0.1) is 0 Å².